The first-order valence-electron chi connectivity index (χ1n) is 5.33. The van der Waals surface area contributed by atoms with Gasteiger partial charge in [0.2, 0.25) is 0 Å². The molecule has 0 spiro atoms. The van der Waals surface area contributed by atoms with Crippen molar-refractivity contribution in [2.75, 3.05) is 6.54 Å². The van der Waals surface area contributed by atoms with Crippen molar-refractivity contribution in [2.45, 2.75) is 32.6 Å². The standard InChI is InChI=1S/C11H17N3O/c1-11(2)6-8(11)10-13-7(3-4-12)5-9(15)14-10/h5,8H,3-4,6,12H2,1-2H3,(H,13,14,15). The number of aromatic nitrogens is 2. The molecule has 4 heteroatoms. The van der Waals surface area contributed by atoms with Crippen LogP contribution in [0.3, 0.4) is 0 Å². The highest BCUT2D eigenvalue weighted by Crippen LogP contribution is 2.57. The second-order valence-corrected chi connectivity index (χ2v) is 4.91. The minimum atomic E-state index is -0.0637. The van der Waals surface area contributed by atoms with Crippen LogP contribution in [0.4, 0.5) is 0 Å². The summed E-state index contributed by atoms with van der Waals surface area (Å²) in [7, 11) is 0. The second-order valence-electron chi connectivity index (χ2n) is 4.91. The third kappa shape index (κ3) is 2.09. The Hall–Kier alpha value is -1.16. The van der Waals surface area contributed by atoms with Gasteiger partial charge in [-0.3, -0.25) is 4.79 Å². The molecule has 3 N–H and O–H groups in total. The van der Waals surface area contributed by atoms with E-state index >= 15 is 0 Å². The van der Waals surface area contributed by atoms with Crippen molar-refractivity contribution in [1.29, 1.82) is 0 Å². The minimum Gasteiger partial charge on any atom is -0.330 e. The molecule has 1 heterocycles. The highest BCUT2D eigenvalue weighted by molar-refractivity contribution is 5.17. The lowest BCUT2D eigenvalue weighted by Crippen LogP contribution is -2.15. The van der Waals surface area contributed by atoms with Crippen LogP contribution in [0.15, 0.2) is 10.9 Å². The molecule has 0 amide bonds. The Morgan fingerprint density at radius 1 is 1.67 bits per heavy atom. The van der Waals surface area contributed by atoms with Crippen LogP contribution in [0, 0.1) is 5.41 Å². The average Bonchev–Trinajstić information content (AvgIpc) is 2.75. The molecule has 0 aliphatic heterocycles. The molecule has 1 unspecified atom stereocenters. The monoisotopic (exact) mass is 207 g/mol. The fraction of sp³-hybridized carbons (Fsp3) is 0.636. The van der Waals surface area contributed by atoms with Crippen molar-refractivity contribution in [3.05, 3.63) is 27.9 Å². The van der Waals surface area contributed by atoms with Crippen molar-refractivity contribution in [3.63, 3.8) is 0 Å². The van der Waals surface area contributed by atoms with Gasteiger partial charge < -0.3 is 10.7 Å². The van der Waals surface area contributed by atoms with Crippen molar-refractivity contribution >= 4 is 0 Å². The van der Waals surface area contributed by atoms with Gasteiger partial charge in [0.25, 0.3) is 5.56 Å². The molecule has 1 aromatic rings. The molecule has 0 saturated heterocycles. The van der Waals surface area contributed by atoms with E-state index in [1.165, 1.54) is 6.07 Å². The molecular formula is C11H17N3O. The van der Waals surface area contributed by atoms with Gasteiger partial charge in [0, 0.05) is 24.1 Å². The third-order valence-corrected chi connectivity index (χ3v) is 3.06. The number of nitrogens with one attached hydrogen (secondary N) is 1. The Bertz CT molecular complexity index is 422. The Labute approximate surface area is 88.9 Å². The maximum atomic E-state index is 11.4. The maximum absolute atomic E-state index is 11.4. The van der Waals surface area contributed by atoms with Crippen LogP contribution in [-0.2, 0) is 6.42 Å². The summed E-state index contributed by atoms with van der Waals surface area (Å²) in [6.07, 6.45) is 1.77. The SMILES string of the molecule is CC1(C)CC1c1nc(CCN)cc(=O)[nH]1. The van der Waals surface area contributed by atoms with Gasteiger partial charge in [-0.15, -0.1) is 0 Å². The molecule has 2 rings (SSSR count). The number of hydrogen-bond acceptors (Lipinski definition) is 3. The summed E-state index contributed by atoms with van der Waals surface area (Å²) in [6.45, 7) is 4.91. The zero-order valence-corrected chi connectivity index (χ0v) is 9.21. The molecular weight excluding hydrogens is 190 g/mol. The molecule has 1 fully saturated rings. The summed E-state index contributed by atoms with van der Waals surface area (Å²) < 4.78 is 0. The number of H-pyrrole nitrogens is 1. The number of nitrogens with zero attached hydrogens (tertiary/aromatic N) is 1. The van der Waals surface area contributed by atoms with Crippen LogP contribution in [0.2, 0.25) is 0 Å². The van der Waals surface area contributed by atoms with Crippen molar-refractivity contribution < 1.29 is 0 Å². The lowest BCUT2D eigenvalue weighted by molar-refractivity contribution is 0.605. The fourth-order valence-corrected chi connectivity index (χ4v) is 1.90. The Balaban J connectivity index is 2.29. The van der Waals surface area contributed by atoms with E-state index in [-0.39, 0.29) is 11.0 Å². The van der Waals surface area contributed by atoms with Gasteiger partial charge in [-0.25, -0.2) is 4.98 Å². The van der Waals surface area contributed by atoms with E-state index in [9.17, 15) is 4.79 Å². The van der Waals surface area contributed by atoms with E-state index in [4.69, 9.17) is 5.73 Å². The molecule has 0 bridgehead atoms. The minimum absolute atomic E-state index is 0.0637. The second kappa shape index (κ2) is 3.45. The summed E-state index contributed by atoms with van der Waals surface area (Å²) in [4.78, 5) is 18.7. The first kappa shape index (κ1) is 10.4. The number of hydrogen-bond donors (Lipinski definition) is 2. The predicted molar refractivity (Wildman–Crippen MR) is 58.8 cm³/mol. The van der Waals surface area contributed by atoms with Gasteiger partial charge in [0.15, 0.2) is 0 Å². The summed E-state index contributed by atoms with van der Waals surface area (Å²) in [5.41, 5.74) is 6.48. The molecule has 1 saturated carbocycles. The lowest BCUT2D eigenvalue weighted by Gasteiger charge is -2.04. The molecule has 82 valence electrons. The summed E-state index contributed by atoms with van der Waals surface area (Å²) in [5.74, 6) is 1.24. The van der Waals surface area contributed by atoms with Crippen LogP contribution in [0.5, 0.6) is 0 Å². The number of rotatable bonds is 3. The zero-order chi connectivity index (χ0) is 11.1. The Kier molecular flexibility index (Phi) is 2.38. The first-order valence-corrected chi connectivity index (χ1v) is 5.33. The van der Waals surface area contributed by atoms with Gasteiger partial charge >= 0.3 is 0 Å². The third-order valence-electron chi connectivity index (χ3n) is 3.06. The van der Waals surface area contributed by atoms with Crippen LogP contribution in [0.1, 0.15) is 37.7 Å². The average molecular weight is 207 g/mol. The van der Waals surface area contributed by atoms with Crippen molar-refractivity contribution in [2.24, 2.45) is 11.1 Å². The lowest BCUT2D eigenvalue weighted by atomic mass is 10.1. The van der Waals surface area contributed by atoms with E-state index in [0.717, 1.165) is 17.9 Å². The number of nitrogens with two attached hydrogens (primary N) is 1. The maximum Gasteiger partial charge on any atom is 0.251 e. The van der Waals surface area contributed by atoms with Gasteiger partial charge in [-0.2, -0.15) is 0 Å². The van der Waals surface area contributed by atoms with Crippen molar-refractivity contribution in [3.8, 4) is 0 Å². The fourth-order valence-electron chi connectivity index (χ4n) is 1.90. The highest BCUT2D eigenvalue weighted by Gasteiger charge is 2.48. The summed E-state index contributed by atoms with van der Waals surface area (Å²) in [5, 5.41) is 0. The number of aromatic amines is 1. The van der Waals surface area contributed by atoms with E-state index in [1.807, 2.05) is 0 Å². The quantitative estimate of drug-likeness (QED) is 0.769. The van der Waals surface area contributed by atoms with Crippen molar-refractivity contribution in [1.82, 2.24) is 9.97 Å². The molecule has 1 aliphatic rings. The summed E-state index contributed by atoms with van der Waals surface area (Å²) >= 11 is 0. The molecule has 0 aromatic carbocycles. The topological polar surface area (TPSA) is 71.8 Å². The van der Waals surface area contributed by atoms with Gasteiger partial charge in [-0.05, 0) is 18.4 Å². The zero-order valence-electron chi connectivity index (χ0n) is 9.21. The molecule has 4 nitrogen and oxygen atoms in total. The molecule has 1 aliphatic carbocycles. The van der Waals surface area contributed by atoms with Crippen LogP contribution in [0.25, 0.3) is 0 Å². The van der Waals surface area contributed by atoms with Crippen LogP contribution >= 0.6 is 0 Å². The Morgan fingerprint density at radius 3 is 2.87 bits per heavy atom. The normalized spacial score (nSPS) is 22.7. The smallest absolute Gasteiger partial charge is 0.251 e. The molecule has 1 atom stereocenters. The van der Waals surface area contributed by atoms with E-state index in [1.54, 1.807) is 0 Å². The first-order chi connectivity index (χ1) is 7.03. The Morgan fingerprint density at radius 2 is 2.33 bits per heavy atom. The molecule has 0 radical (unpaired) electrons. The molecule has 1 aromatic heterocycles. The van der Waals surface area contributed by atoms with Gasteiger partial charge in [0.1, 0.15) is 5.82 Å². The van der Waals surface area contributed by atoms with E-state index < -0.39 is 0 Å². The van der Waals surface area contributed by atoms with E-state index in [2.05, 4.69) is 23.8 Å². The van der Waals surface area contributed by atoms with Gasteiger partial charge in [-0.1, -0.05) is 13.8 Å². The largest absolute Gasteiger partial charge is 0.330 e. The van der Waals surface area contributed by atoms with E-state index in [0.29, 0.717) is 18.9 Å². The van der Waals surface area contributed by atoms with Crippen LogP contribution in [-0.4, -0.2) is 16.5 Å². The summed E-state index contributed by atoms with van der Waals surface area (Å²) in [6, 6.07) is 1.53. The highest BCUT2D eigenvalue weighted by atomic mass is 16.1. The predicted octanol–water partition coefficient (Wildman–Crippen LogP) is 0.785. The van der Waals surface area contributed by atoms with Crippen LogP contribution < -0.4 is 11.3 Å². The van der Waals surface area contributed by atoms with Gasteiger partial charge in [0.05, 0.1) is 0 Å². The molecule has 15 heavy (non-hydrogen) atoms.